The van der Waals surface area contributed by atoms with Gasteiger partial charge in [-0.3, -0.25) is 19.3 Å². The molecule has 0 spiro atoms. The van der Waals surface area contributed by atoms with Gasteiger partial charge in [0.2, 0.25) is 17.7 Å². The van der Waals surface area contributed by atoms with E-state index in [4.69, 9.17) is 14.2 Å². The zero-order chi connectivity index (χ0) is 26.8. The Balaban J connectivity index is 1.40. The number of hydrogen-bond donors (Lipinski definition) is 4. The van der Waals surface area contributed by atoms with Crippen molar-refractivity contribution in [3.8, 4) is 0 Å². The van der Waals surface area contributed by atoms with Crippen molar-refractivity contribution in [2.24, 2.45) is 0 Å². The Kier molecular flexibility index (Phi) is 8.26. The number of aromatic nitrogens is 2. The van der Waals surface area contributed by atoms with Gasteiger partial charge in [0.05, 0.1) is 37.6 Å². The van der Waals surface area contributed by atoms with E-state index in [0.717, 1.165) is 5.69 Å². The van der Waals surface area contributed by atoms with Gasteiger partial charge in [-0.1, -0.05) is 0 Å². The van der Waals surface area contributed by atoms with E-state index in [0.29, 0.717) is 39.2 Å². The minimum atomic E-state index is -1.28. The van der Waals surface area contributed by atoms with Crippen LogP contribution in [0.15, 0.2) is 12.5 Å². The molecule has 4 fully saturated rings. The SMILES string of the molecule is COCC(=O)N1C[C@@H]2CN(CCO2)C(=O)[C@@H]2C[C@@H](CN2Cc2cnc[nH]2)NC(=O)C[C@@H]2O[C@H](C1)[C@@H](O)[C@H]2O. The van der Waals surface area contributed by atoms with Crippen LogP contribution in [0.1, 0.15) is 18.5 Å². The maximum Gasteiger partial charge on any atom is 0.248 e. The van der Waals surface area contributed by atoms with E-state index in [-0.39, 0.29) is 49.9 Å². The Bertz CT molecular complexity index is 995. The highest BCUT2D eigenvalue weighted by Crippen LogP contribution is 2.27. The van der Waals surface area contributed by atoms with Crippen molar-refractivity contribution in [3.05, 3.63) is 18.2 Å². The number of carbonyl (C=O) groups excluding carboxylic acids is 3. The lowest BCUT2D eigenvalue weighted by atomic mass is 10.0. The molecule has 210 valence electrons. The van der Waals surface area contributed by atoms with Gasteiger partial charge in [-0.05, 0) is 6.42 Å². The Morgan fingerprint density at radius 3 is 2.76 bits per heavy atom. The first-order valence-electron chi connectivity index (χ1n) is 13.0. The van der Waals surface area contributed by atoms with Crippen LogP contribution in [-0.2, 0) is 35.1 Å². The summed E-state index contributed by atoms with van der Waals surface area (Å²) in [6, 6.07) is -0.730. The molecular formula is C24H36N6O8. The van der Waals surface area contributed by atoms with Crippen LogP contribution < -0.4 is 5.32 Å². The number of aliphatic hydroxyl groups is 2. The average Bonchev–Trinajstić information content (AvgIpc) is 3.61. The third kappa shape index (κ3) is 5.84. The highest BCUT2D eigenvalue weighted by atomic mass is 16.5. The first-order chi connectivity index (χ1) is 18.3. The van der Waals surface area contributed by atoms with Crippen LogP contribution in [-0.4, -0.2) is 148 Å². The summed E-state index contributed by atoms with van der Waals surface area (Å²) >= 11 is 0. The van der Waals surface area contributed by atoms with Crippen LogP contribution in [0, 0.1) is 0 Å². The molecule has 0 aromatic carbocycles. The molecule has 38 heavy (non-hydrogen) atoms. The summed E-state index contributed by atoms with van der Waals surface area (Å²) < 4.78 is 16.8. The number of aromatic amines is 1. The highest BCUT2D eigenvalue weighted by Gasteiger charge is 2.46. The summed E-state index contributed by atoms with van der Waals surface area (Å²) in [6.45, 7) is 1.92. The van der Waals surface area contributed by atoms with Crippen molar-refractivity contribution >= 4 is 17.7 Å². The first-order valence-corrected chi connectivity index (χ1v) is 13.0. The number of likely N-dealkylation sites (tertiary alicyclic amines) is 1. The number of morpholine rings is 1. The standard InChI is InChI=1S/C24H36N6O8/c1-36-12-21(32)30-10-16-9-28(2-3-37-16)24(35)17-4-14(7-29(17)8-15-6-25-13-26-15)27-20(31)5-18-22(33)23(34)19(11-30)38-18/h6,13-14,16-19,22-23,33-34H,2-5,7-12H2,1H3,(H,25,26)(H,27,31)/t14-,16-,17-,18-,19+,22-,23+/m0/s1. The van der Waals surface area contributed by atoms with Gasteiger partial charge in [-0.15, -0.1) is 0 Å². The van der Waals surface area contributed by atoms with Crippen molar-refractivity contribution in [1.82, 2.24) is 30.0 Å². The van der Waals surface area contributed by atoms with E-state index in [1.54, 1.807) is 17.4 Å². The maximum absolute atomic E-state index is 13.7. The van der Waals surface area contributed by atoms with Gasteiger partial charge in [-0.25, -0.2) is 4.98 Å². The third-order valence-electron chi connectivity index (χ3n) is 7.73. The molecule has 5 heterocycles. The summed E-state index contributed by atoms with van der Waals surface area (Å²) in [7, 11) is 1.41. The van der Waals surface area contributed by atoms with Gasteiger partial charge in [0.15, 0.2) is 0 Å². The number of ether oxygens (including phenoxy) is 3. The van der Waals surface area contributed by atoms with Crippen LogP contribution in [0.2, 0.25) is 0 Å². The average molecular weight is 537 g/mol. The number of aliphatic hydroxyl groups excluding tert-OH is 2. The molecule has 4 saturated heterocycles. The minimum Gasteiger partial charge on any atom is -0.388 e. The normalized spacial score (nSPS) is 35.0. The van der Waals surface area contributed by atoms with Crippen LogP contribution in [0.4, 0.5) is 0 Å². The summed E-state index contributed by atoms with van der Waals surface area (Å²) in [5, 5.41) is 24.2. The molecule has 4 aliphatic rings. The number of nitrogens with one attached hydrogen (secondary N) is 2. The number of fused-ring (bicyclic) bond motifs is 6. The summed E-state index contributed by atoms with van der Waals surface area (Å²) in [6.07, 6.45) is -1.25. The van der Waals surface area contributed by atoms with E-state index < -0.39 is 36.6 Å². The van der Waals surface area contributed by atoms with Gasteiger partial charge < -0.3 is 44.5 Å². The van der Waals surface area contributed by atoms with Crippen molar-refractivity contribution in [3.63, 3.8) is 0 Å². The van der Waals surface area contributed by atoms with Gasteiger partial charge in [0.25, 0.3) is 0 Å². The molecule has 4 aliphatic heterocycles. The monoisotopic (exact) mass is 536 g/mol. The summed E-state index contributed by atoms with van der Waals surface area (Å²) in [5.74, 6) is -0.727. The van der Waals surface area contributed by atoms with E-state index in [9.17, 15) is 24.6 Å². The number of nitrogens with zero attached hydrogens (tertiary/aromatic N) is 4. The number of H-pyrrole nitrogens is 1. The smallest absolute Gasteiger partial charge is 0.248 e. The molecule has 5 rings (SSSR count). The number of methoxy groups -OCH3 is 1. The molecule has 6 bridgehead atoms. The van der Waals surface area contributed by atoms with Gasteiger partial charge in [-0.2, -0.15) is 0 Å². The Morgan fingerprint density at radius 2 is 2.00 bits per heavy atom. The second kappa shape index (κ2) is 11.6. The fraction of sp³-hybridized carbons (Fsp3) is 0.750. The molecule has 7 atom stereocenters. The van der Waals surface area contributed by atoms with Crippen LogP contribution in [0.5, 0.6) is 0 Å². The van der Waals surface area contributed by atoms with Crippen molar-refractivity contribution in [2.45, 2.75) is 62.0 Å². The van der Waals surface area contributed by atoms with Crippen LogP contribution in [0.25, 0.3) is 0 Å². The molecule has 0 radical (unpaired) electrons. The lowest BCUT2D eigenvalue weighted by molar-refractivity contribution is -0.148. The maximum atomic E-state index is 13.7. The topological polar surface area (TPSA) is 170 Å². The summed E-state index contributed by atoms with van der Waals surface area (Å²) in [4.78, 5) is 51.9. The number of rotatable bonds is 4. The lowest BCUT2D eigenvalue weighted by Crippen LogP contribution is -2.55. The Morgan fingerprint density at radius 1 is 1.18 bits per heavy atom. The predicted molar refractivity (Wildman–Crippen MR) is 129 cm³/mol. The van der Waals surface area contributed by atoms with E-state index in [1.807, 2.05) is 4.90 Å². The van der Waals surface area contributed by atoms with Crippen molar-refractivity contribution in [2.75, 3.05) is 53.0 Å². The van der Waals surface area contributed by atoms with Gasteiger partial charge in [0, 0.05) is 64.3 Å². The Hall–Kier alpha value is -2.62. The van der Waals surface area contributed by atoms with E-state index >= 15 is 0 Å². The predicted octanol–water partition coefficient (Wildman–Crippen LogP) is -2.94. The molecule has 1 aromatic rings. The molecule has 4 N–H and O–H groups in total. The van der Waals surface area contributed by atoms with E-state index in [2.05, 4.69) is 15.3 Å². The molecule has 0 saturated carbocycles. The fourth-order valence-electron chi connectivity index (χ4n) is 5.84. The second-order valence-electron chi connectivity index (χ2n) is 10.4. The molecule has 14 nitrogen and oxygen atoms in total. The van der Waals surface area contributed by atoms with Crippen molar-refractivity contribution < 1.29 is 38.8 Å². The van der Waals surface area contributed by atoms with E-state index in [1.165, 1.54) is 12.0 Å². The Labute approximate surface area is 220 Å². The molecule has 0 aliphatic carbocycles. The van der Waals surface area contributed by atoms with Gasteiger partial charge in [0.1, 0.15) is 24.9 Å². The highest BCUT2D eigenvalue weighted by molar-refractivity contribution is 5.83. The quantitative estimate of drug-likeness (QED) is 0.312. The summed E-state index contributed by atoms with van der Waals surface area (Å²) in [5.41, 5.74) is 0.857. The lowest BCUT2D eigenvalue weighted by Gasteiger charge is -2.38. The van der Waals surface area contributed by atoms with Crippen molar-refractivity contribution in [1.29, 1.82) is 0 Å². The number of imidazole rings is 1. The minimum absolute atomic E-state index is 0.0183. The van der Waals surface area contributed by atoms with Gasteiger partial charge >= 0.3 is 0 Å². The molecule has 0 unspecified atom stereocenters. The number of carbonyl (C=O) groups is 3. The molecule has 3 amide bonds. The second-order valence-corrected chi connectivity index (χ2v) is 10.4. The molecule has 14 heteroatoms. The fourth-order valence-corrected chi connectivity index (χ4v) is 5.84. The number of amides is 3. The molecule has 1 aromatic heterocycles. The zero-order valence-electron chi connectivity index (χ0n) is 21.4. The largest absolute Gasteiger partial charge is 0.388 e. The number of hydrogen-bond acceptors (Lipinski definition) is 10. The zero-order valence-corrected chi connectivity index (χ0v) is 21.4. The van der Waals surface area contributed by atoms with Crippen LogP contribution >= 0.6 is 0 Å². The molecular weight excluding hydrogens is 500 g/mol. The van der Waals surface area contributed by atoms with Crippen LogP contribution in [0.3, 0.4) is 0 Å². The third-order valence-corrected chi connectivity index (χ3v) is 7.73. The first kappa shape index (κ1) is 27.0.